The van der Waals surface area contributed by atoms with Crippen molar-refractivity contribution in [2.45, 2.75) is 13.0 Å². The van der Waals surface area contributed by atoms with Gasteiger partial charge in [-0.2, -0.15) is 0 Å². The van der Waals surface area contributed by atoms with E-state index in [-0.39, 0.29) is 0 Å². The number of anilines is 1. The van der Waals surface area contributed by atoms with Gasteiger partial charge in [0.25, 0.3) is 0 Å². The summed E-state index contributed by atoms with van der Waals surface area (Å²) in [6, 6.07) is 6.66. The summed E-state index contributed by atoms with van der Waals surface area (Å²) in [4.78, 5) is 4.72. The number of benzene rings is 1. The van der Waals surface area contributed by atoms with Gasteiger partial charge in [-0.05, 0) is 31.7 Å². The van der Waals surface area contributed by atoms with Gasteiger partial charge in [-0.1, -0.05) is 17.7 Å². The fourth-order valence-corrected chi connectivity index (χ4v) is 2.66. The summed E-state index contributed by atoms with van der Waals surface area (Å²) in [5, 5.41) is 4.30. The number of rotatable bonds is 3. The molecule has 1 atom stereocenters. The number of hydrogen-bond donors (Lipinski definition) is 1. The zero-order chi connectivity index (χ0) is 13.1. The molecule has 1 aromatic carbocycles. The Balaban J connectivity index is 2.07. The molecule has 1 aliphatic heterocycles. The fraction of sp³-hybridized carbons (Fsp3) is 0.571. The SMILES string of the molecule is Cc1c(Cl)cccc1N(C)CC1CNCCN1C. The minimum absolute atomic E-state index is 0.558. The highest BCUT2D eigenvalue weighted by Gasteiger charge is 2.20. The van der Waals surface area contributed by atoms with Crippen molar-refractivity contribution in [3.05, 3.63) is 28.8 Å². The Morgan fingerprint density at radius 3 is 3.00 bits per heavy atom. The van der Waals surface area contributed by atoms with Crippen LogP contribution in [0.2, 0.25) is 5.02 Å². The van der Waals surface area contributed by atoms with Crippen molar-refractivity contribution in [3.8, 4) is 0 Å². The molecule has 0 aliphatic carbocycles. The van der Waals surface area contributed by atoms with E-state index < -0.39 is 0 Å². The standard InChI is InChI=1S/C14H22ClN3/c1-11-13(15)5-4-6-14(11)18(3)10-12-9-16-7-8-17(12)2/h4-6,12,16H,7-10H2,1-3H3. The summed E-state index contributed by atoms with van der Waals surface area (Å²) in [7, 11) is 4.34. The summed E-state index contributed by atoms with van der Waals surface area (Å²) in [6.07, 6.45) is 0. The first-order valence-electron chi connectivity index (χ1n) is 6.47. The molecule has 1 N–H and O–H groups in total. The number of hydrogen-bond acceptors (Lipinski definition) is 3. The second kappa shape index (κ2) is 5.91. The maximum absolute atomic E-state index is 6.18. The van der Waals surface area contributed by atoms with Crippen molar-refractivity contribution in [3.63, 3.8) is 0 Å². The molecule has 100 valence electrons. The van der Waals surface area contributed by atoms with Crippen LogP contribution in [0.5, 0.6) is 0 Å². The molecule has 0 bridgehead atoms. The maximum atomic E-state index is 6.18. The molecule has 1 unspecified atom stereocenters. The molecule has 4 heteroatoms. The van der Waals surface area contributed by atoms with Crippen LogP contribution in [-0.2, 0) is 0 Å². The van der Waals surface area contributed by atoms with Gasteiger partial charge in [0.15, 0.2) is 0 Å². The van der Waals surface area contributed by atoms with E-state index in [1.807, 2.05) is 12.1 Å². The first kappa shape index (κ1) is 13.7. The van der Waals surface area contributed by atoms with E-state index in [0.717, 1.165) is 36.8 Å². The number of nitrogens with zero attached hydrogens (tertiary/aromatic N) is 2. The molecule has 0 aromatic heterocycles. The lowest BCUT2D eigenvalue weighted by atomic mass is 10.1. The van der Waals surface area contributed by atoms with Gasteiger partial charge in [0.2, 0.25) is 0 Å². The Morgan fingerprint density at radius 2 is 2.28 bits per heavy atom. The van der Waals surface area contributed by atoms with Crippen molar-refractivity contribution >= 4 is 17.3 Å². The van der Waals surface area contributed by atoms with Gasteiger partial charge in [-0.15, -0.1) is 0 Å². The number of likely N-dealkylation sites (N-methyl/N-ethyl adjacent to an activating group) is 2. The zero-order valence-corrected chi connectivity index (χ0v) is 12.2. The van der Waals surface area contributed by atoms with E-state index in [9.17, 15) is 0 Å². The third kappa shape index (κ3) is 2.97. The minimum atomic E-state index is 0.558. The zero-order valence-electron chi connectivity index (χ0n) is 11.4. The van der Waals surface area contributed by atoms with E-state index in [2.05, 4.69) is 42.2 Å². The molecule has 1 heterocycles. The molecule has 2 rings (SSSR count). The van der Waals surface area contributed by atoms with Crippen LogP contribution in [0, 0.1) is 6.92 Å². The van der Waals surface area contributed by atoms with Crippen LogP contribution in [0.25, 0.3) is 0 Å². The summed E-state index contributed by atoms with van der Waals surface area (Å²) < 4.78 is 0. The van der Waals surface area contributed by atoms with E-state index >= 15 is 0 Å². The lowest BCUT2D eigenvalue weighted by Gasteiger charge is -2.36. The quantitative estimate of drug-likeness (QED) is 0.904. The molecular formula is C14H22ClN3. The number of piperazine rings is 1. The minimum Gasteiger partial charge on any atom is -0.373 e. The first-order valence-corrected chi connectivity index (χ1v) is 6.84. The van der Waals surface area contributed by atoms with Gasteiger partial charge in [-0.25, -0.2) is 0 Å². The topological polar surface area (TPSA) is 18.5 Å². The average molecular weight is 268 g/mol. The molecular weight excluding hydrogens is 246 g/mol. The van der Waals surface area contributed by atoms with Crippen LogP contribution in [0.4, 0.5) is 5.69 Å². The second-order valence-corrected chi connectivity index (χ2v) is 5.51. The summed E-state index contributed by atoms with van der Waals surface area (Å²) in [6.45, 7) is 6.36. The van der Waals surface area contributed by atoms with E-state index in [0.29, 0.717) is 6.04 Å². The maximum Gasteiger partial charge on any atom is 0.0455 e. The molecule has 0 saturated carbocycles. The van der Waals surface area contributed by atoms with E-state index in [1.54, 1.807) is 0 Å². The van der Waals surface area contributed by atoms with Gasteiger partial charge >= 0.3 is 0 Å². The Bertz CT molecular complexity index is 408. The van der Waals surface area contributed by atoms with Crippen molar-refractivity contribution in [2.24, 2.45) is 0 Å². The molecule has 0 spiro atoms. The van der Waals surface area contributed by atoms with Crippen molar-refractivity contribution in [2.75, 3.05) is 45.2 Å². The largest absolute Gasteiger partial charge is 0.373 e. The number of nitrogens with one attached hydrogen (secondary N) is 1. The molecule has 1 fully saturated rings. The second-order valence-electron chi connectivity index (χ2n) is 5.10. The predicted octanol–water partition coefficient (Wildman–Crippen LogP) is 1.99. The van der Waals surface area contributed by atoms with E-state index in [4.69, 9.17) is 11.6 Å². The molecule has 1 aromatic rings. The Hall–Kier alpha value is -0.770. The lowest BCUT2D eigenvalue weighted by Crippen LogP contribution is -2.53. The predicted molar refractivity (Wildman–Crippen MR) is 78.7 cm³/mol. The van der Waals surface area contributed by atoms with Crippen molar-refractivity contribution in [1.82, 2.24) is 10.2 Å². The summed E-state index contributed by atoms with van der Waals surface area (Å²) in [5.41, 5.74) is 2.38. The normalized spacial score (nSPS) is 21.0. The van der Waals surface area contributed by atoms with Crippen LogP contribution >= 0.6 is 11.6 Å². The molecule has 1 saturated heterocycles. The average Bonchev–Trinajstić information content (AvgIpc) is 2.35. The Labute approximate surface area is 115 Å². The van der Waals surface area contributed by atoms with Crippen LogP contribution in [0.1, 0.15) is 5.56 Å². The molecule has 0 amide bonds. The molecule has 0 radical (unpaired) electrons. The lowest BCUT2D eigenvalue weighted by molar-refractivity contribution is 0.204. The third-order valence-electron chi connectivity index (χ3n) is 3.78. The molecule has 3 nitrogen and oxygen atoms in total. The van der Waals surface area contributed by atoms with Crippen LogP contribution < -0.4 is 10.2 Å². The highest BCUT2D eigenvalue weighted by molar-refractivity contribution is 6.31. The summed E-state index contributed by atoms with van der Waals surface area (Å²) in [5.74, 6) is 0. The van der Waals surface area contributed by atoms with Gasteiger partial charge in [0.1, 0.15) is 0 Å². The molecule has 18 heavy (non-hydrogen) atoms. The first-order chi connectivity index (χ1) is 8.59. The molecule has 1 aliphatic rings. The van der Waals surface area contributed by atoms with E-state index in [1.165, 1.54) is 5.69 Å². The Kier molecular flexibility index (Phi) is 4.49. The van der Waals surface area contributed by atoms with Crippen molar-refractivity contribution in [1.29, 1.82) is 0 Å². The van der Waals surface area contributed by atoms with Crippen LogP contribution in [-0.4, -0.2) is 51.2 Å². The fourth-order valence-electron chi connectivity index (χ4n) is 2.49. The smallest absolute Gasteiger partial charge is 0.0455 e. The number of halogens is 1. The highest BCUT2D eigenvalue weighted by Crippen LogP contribution is 2.26. The summed E-state index contributed by atoms with van der Waals surface area (Å²) >= 11 is 6.18. The Morgan fingerprint density at radius 1 is 1.50 bits per heavy atom. The van der Waals surface area contributed by atoms with Gasteiger partial charge < -0.3 is 10.2 Å². The van der Waals surface area contributed by atoms with Gasteiger partial charge in [-0.3, -0.25) is 4.90 Å². The van der Waals surface area contributed by atoms with Crippen LogP contribution in [0.3, 0.4) is 0 Å². The van der Waals surface area contributed by atoms with Gasteiger partial charge in [0.05, 0.1) is 0 Å². The third-order valence-corrected chi connectivity index (χ3v) is 4.19. The van der Waals surface area contributed by atoms with Gasteiger partial charge in [0, 0.05) is 50.0 Å². The van der Waals surface area contributed by atoms with Crippen molar-refractivity contribution < 1.29 is 0 Å². The highest BCUT2D eigenvalue weighted by atomic mass is 35.5. The van der Waals surface area contributed by atoms with Crippen LogP contribution in [0.15, 0.2) is 18.2 Å². The monoisotopic (exact) mass is 267 g/mol.